The van der Waals surface area contributed by atoms with Gasteiger partial charge in [0, 0.05) is 15.7 Å². The predicted molar refractivity (Wildman–Crippen MR) is 97.6 cm³/mol. The number of nitriles is 1. The fourth-order valence-corrected chi connectivity index (χ4v) is 4.86. The van der Waals surface area contributed by atoms with Crippen molar-refractivity contribution in [1.29, 1.82) is 5.26 Å². The monoisotopic (exact) mass is 404 g/mol. The van der Waals surface area contributed by atoms with Crippen LogP contribution in [-0.4, -0.2) is 21.9 Å². The zero-order valence-corrected chi connectivity index (χ0v) is 16.0. The molecule has 0 saturated heterocycles. The van der Waals surface area contributed by atoms with E-state index >= 15 is 0 Å². The van der Waals surface area contributed by atoms with Gasteiger partial charge in [-0.25, -0.2) is 0 Å². The summed E-state index contributed by atoms with van der Waals surface area (Å²) in [6.45, 7) is 6.05. The second-order valence-electron chi connectivity index (χ2n) is 6.83. The fourth-order valence-electron chi connectivity index (χ4n) is 4.21. The molecule has 132 valence electrons. The Bertz CT molecular complexity index is 844. The summed E-state index contributed by atoms with van der Waals surface area (Å²) in [5, 5.41) is 26.8. The van der Waals surface area contributed by atoms with Crippen molar-refractivity contribution in [2.24, 2.45) is 17.6 Å². The number of aromatic nitrogens is 2. The molecule has 2 unspecified atom stereocenters. The van der Waals surface area contributed by atoms with Crippen LogP contribution in [0.3, 0.4) is 0 Å². The van der Waals surface area contributed by atoms with E-state index in [4.69, 9.17) is 10.5 Å². The lowest BCUT2D eigenvalue weighted by molar-refractivity contribution is 0.228. The molecule has 0 amide bonds. The first-order valence-electron chi connectivity index (χ1n) is 8.17. The molecule has 1 aliphatic carbocycles. The van der Waals surface area contributed by atoms with E-state index < -0.39 is 5.41 Å². The van der Waals surface area contributed by atoms with Crippen molar-refractivity contribution in [2.75, 3.05) is 6.61 Å². The van der Waals surface area contributed by atoms with E-state index in [1.165, 1.54) is 0 Å². The number of nitrogens with two attached hydrogens (primary N) is 1. The molecule has 0 aromatic carbocycles. The zero-order chi connectivity index (χ0) is 18.4. The van der Waals surface area contributed by atoms with Crippen molar-refractivity contribution in [3.8, 4) is 11.9 Å². The lowest BCUT2D eigenvalue weighted by Crippen LogP contribution is -2.46. The first-order chi connectivity index (χ1) is 11.9. The van der Waals surface area contributed by atoms with Gasteiger partial charge < -0.3 is 15.6 Å². The summed E-state index contributed by atoms with van der Waals surface area (Å²) in [6, 6.07) is 2.29. The van der Waals surface area contributed by atoms with Crippen molar-refractivity contribution in [3.05, 3.63) is 44.9 Å². The maximum atomic E-state index is 9.92. The van der Waals surface area contributed by atoms with E-state index in [1.54, 1.807) is 0 Å². The van der Waals surface area contributed by atoms with Crippen LogP contribution in [0.1, 0.15) is 31.5 Å². The highest BCUT2D eigenvalue weighted by Gasteiger charge is 2.53. The van der Waals surface area contributed by atoms with E-state index in [0.717, 1.165) is 21.3 Å². The molecule has 1 aromatic rings. The molecule has 1 aliphatic heterocycles. The van der Waals surface area contributed by atoms with Gasteiger partial charge in [0.1, 0.15) is 11.6 Å². The first kappa shape index (κ1) is 17.8. The number of fused-ring (bicyclic) bond motifs is 1. The number of rotatable bonds is 3. The number of aliphatic hydroxyl groups is 1. The van der Waals surface area contributed by atoms with Crippen LogP contribution < -0.4 is 10.5 Å². The topological polar surface area (TPSA) is 108 Å². The highest BCUT2D eigenvalue weighted by molar-refractivity contribution is 9.11. The maximum Gasteiger partial charge on any atom is 0.244 e. The Balaban J connectivity index is 2.32. The summed E-state index contributed by atoms with van der Waals surface area (Å²) in [5.74, 6) is 0.507. The molecule has 0 radical (unpaired) electrons. The van der Waals surface area contributed by atoms with Crippen LogP contribution in [0.2, 0.25) is 0 Å². The Labute approximate surface area is 155 Å². The van der Waals surface area contributed by atoms with Gasteiger partial charge in [-0.05, 0) is 36.8 Å². The molecule has 3 rings (SSSR count). The maximum absolute atomic E-state index is 9.92. The van der Waals surface area contributed by atoms with Gasteiger partial charge in [0.05, 0.1) is 12.0 Å². The second-order valence-corrected chi connectivity index (χ2v) is 7.74. The minimum absolute atomic E-state index is 0.0254. The number of hydrogen-bond acceptors (Lipinski definition) is 5. The highest BCUT2D eigenvalue weighted by atomic mass is 79.9. The number of hydrogen-bond donors (Lipinski definition) is 3. The Morgan fingerprint density at radius 3 is 2.92 bits per heavy atom. The third kappa shape index (κ3) is 2.52. The third-order valence-corrected chi connectivity index (χ3v) is 5.68. The number of halogens is 1. The molecule has 4 N–H and O–H groups in total. The lowest BCUT2D eigenvalue weighted by atomic mass is 9.57. The number of nitrogens with zero attached hydrogens (tertiary/aromatic N) is 2. The van der Waals surface area contributed by atoms with Crippen LogP contribution in [0.25, 0.3) is 0 Å². The smallest absolute Gasteiger partial charge is 0.244 e. The Hall–Kier alpha value is -2.04. The Morgan fingerprint density at radius 2 is 2.32 bits per heavy atom. The van der Waals surface area contributed by atoms with Gasteiger partial charge >= 0.3 is 0 Å². The van der Waals surface area contributed by atoms with Gasteiger partial charge in [-0.2, -0.15) is 5.26 Å². The van der Waals surface area contributed by atoms with Gasteiger partial charge in [0.15, 0.2) is 0 Å². The largest absolute Gasteiger partial charge is 0.420 e. The first-order valence-corrected chi connectivity index (χ1v) is 8.96. The summed E-state index contributed by atoms with van der Waals surface area (Å²) < 4.78 is 6.52. The summed E-state index contributed by atoms with van der Waals surface area (Å²) in [6.07, 6.45) is 4.64. The second kappa shape index (κ2) is 6.36. The summed E-state index contributed by atoms with van der Waals surface area (Å²) >= 11 is 3.54. The number of H-pyrrole nitrogens is 1. The number of aryl methyl sites for hydroxylation is 1. The van der Waals surface area contributed by atoms with Crippen LogP contribution in [0, 0.1) is 30.1 Å². The van der Waals surface area contributed by atoms with Crippen LogP contribution in [0.5, 0.6) is 5.88 Å². The molecule has 25 heavy (non-hydrogen) atoms. The van der Waals surface area contributed by atoms with Gasteiger partial charge in [-0.3, -0.25) is 5.10 Å². The van der Waals surface area contributed by atoms with E-state index in [0.29, 0.717) is 17.9 Å². The van der Waals surface area contributed by atoms with E-state index in [-0.39, 0.29) is 24.3 Å². The zero-order valence-electron chi connectivity index (χ0n) is 14.4. The summed E-state index contributed by atoms with van der Waals surface area (Å²) in [5.41, 5.74) is 8.49. The molecule has 2 atom stereocenters. The number of aliphatic hydroxyl groups excluding tert-OH is 1. The number of nitrogens with one attached hydrogen (secondary N) is 1. The average Bonchev–Trinajstić information content (AvgIpc) is 2.93. The van der Waals surface area contributed by atoms with Crippen LogP contribution in [0.4, 0.5) is 0 Å². The lowest BCUT2D eigenvalue weighted by Gasteiger charge is -2.46. The van der Waals surface area contributed by atoms with E-state index in [2.05, 4.69) is 52.1 Å². The van der Waals surface area contributed by atoms with Gasteiger partial charge in [-0.1, -0.05) is 35.9 Å². The number of allylic oxidation sites excluding steroid dienone is 4. The van der Waals surface area contributed by atoms with Crippen molar-refractivity contribution < 1.29 is 9.84 Å². The van der Waals surface area contributed by atoms with Crippen molar-refractivity contribution in [1.82, 2.24) is 10.2 Å². The fraction of sp³-hybridized carbons (Fsp3) is 0.444. The molecular formula is C18H21BrN4O2. The standard InChI is InChI=1S/C18H21BrN4O2/c1-9(2)18(12-4-11(8-24)5-13(19)6-12)14(7-20)16(21)25-17-15(18)10(3)22-23-17/h5-6,9,12,24H,4,8,21H2,1-3H3,(H,22,23). The predicted octanol–water partition coefficient (Wildman–Crippen LogP) is 2.92. The molecule has 2 heterocycles. The molecule has 1 aromatic heterocycles. The average molecular weight is 405 g/mol. The van der Waals surface area contributed by atoms with Gasteiger partial charge in [0.25, 0.3) is 0 Å². The third-order valence-electron chi connectivity index (χ3n) is 5.19. The highest BCUT2D eigenvalue weighted by Crippen LogP contribution is 2.55. The molecule has 6 nitrogen and oxygen atoms in total. The molecule has 0 saturated carbocycles. The summed E-state index contributed by atoms with van der Waals surface area (Å²) in [4.78, 5) is 0. The Morgan fingerprint density at radius 1 is 1.60 bits per heavy atom. The van der Waals surface area contributed by atoms with Gasteiger partial charge in [0.2, 0.25) is 11.8 Å². The minimum atomic E-state index is -0.683. The minimum Gasteiger partial charge on any atom is -0.420 e. The van der Waals surface area contributed by atoms with Crippen molar-refractivity contribution in [2.45, 2.75) is 32.6 Å². The van der Waals surface area contributed by atoms with Gasteiger partial charge in [-0.15, -0.1) is 5.10 Å². The quantitative estimate of drug-likeness (QED) is 0.717. The van der Waals surface area contributed by atoms with Crippen molar-refractivity contribution in [3.63, 3.8) is 0 Å². The van der Waals surface area contributed by atoms with Crippen molar-refractivity contribution >= 4 is 15.9 Å². The Kier molecular flexibility index (Phi) is 4.52. The molecule has 0 fully saturated rings. The normalized spacial score (nSPS) is 25.9. The number of ether oxygens (including phenoxy) is 1. The SMILES string of the molecule is Cc1[nH]nc2c1C(C(C)C)(C1C=C(Br)C=C(CO)C1)C(C#N)=C(N)O2. The van der Waals surface area contributed by atoms with Crippen LogP contribution >= 0.6 is 15.9 Å². The molecule has 2 aliphatic rings. The van der Waals surface area contributed by atoms with Crippen LogP contribution in [0.15, 0.2) is 33.7 Å². The van der Waals surface area contributed by atoms with E-state index in [1.807, 2.05) is 13.0 Å². The molecule has 7 heteroatoms. The van der Waals surface area contributed by atoms with Crippen LogP contribution in [-0.2, 0) is 5.41 Å². The summed E-state index contributed by atoms with van der Waals surface area (Å²) in [7, 11) is 0. The number of aromatic amines is 1. The molecular weight excluding hydrogens is 384 g/mol. The van der Waals surface area contributed by atoms with E-state index in [9.17, 15) is 10.4 Å². The molecule has 0 bridgehead atoms. The molecule has 0 spiro atoms.